The standard InChI is InChI=1S/C24H26O8/c1-28-19-10-15(11-20(29-2)23(19)27)6-8-17(25)14-18(26)9-7-16-12-21(30-3)24(32-5)22(13-16)31-4/h6-13,27H,14H2,1-5H3/b8-6+,9-7+. The number of allylic oxidation sites excluding steroid dienone is 2. The molecule has 2 rings (SSSR count). The van der Waals surface area contributed by atoms with Crippen LogP contribution in [0.1, 0.15) is 17.5 Å². The number of hydrogen-bond donors (Lipinski definition) is 1. The van der Waals surface area contributed by atoms with Crippen molar-refractivity contribution in [3.63, 3.8) is 0 Å². The monoisotopic (exact) mass is 442 g/mol. The highest BCUT2D eigenvalue weighted by atomic mass is 16.5. The minimum absolute atomic E-state index is 0.134. The highest BCUT2D eigenvalue weighted by Crippen LogP contribution is 2.39. The van der Waals surface area contributed by atoms with Gasteiger partial charge >= 0.3 is 0 Å². The SMILES string of the molecule is COc1cc(/C=C/C(=O)CC(=O)/C=C/c2cc(OC)c(OC)c(OC)c2)cc(OC)c1O. The number of phenols is 1. The molecule has 0 saturated heterocycles. The van der Waals surface area contributed by atoms with E-state index in [9.17, 15) is 14.7 Å². The van der Waals surface area contributed by atoms with Crippen LogP contribution in [-0.2, 0) is 9.59 Å². The first-order chi connectivity index (χ1) is 15.4. The largest absolute Gasteiger partial charge is 0.502 e. The maximum atomic E-state index is 12.2. The molecule has 170 valence electrons. The van der Waals surface area contributed by atoms with Crippen molar-refractivity contribution in [1.29, 1.82) is 0 Å². The fourth-order valence-corrected chi connectivity index (χ4v) is 2.88. The van der Waals surface area contributed by atoms with Crippen LogP contribution in [0.4, 0.5) is 0 Å². The number of aromatic hydroxyl groups is 1. The molecule has 1 N–H and O–H groups in total. The Hall–Kier alpha value is -3.94. The van der Waals surface area contributed by atoms with E-state index in [-0.39, 0.29) is 35.2 Å². The van der Waals surface area contributed by atoms with Crippen molar-refractivity contribution in [2.75, 3.05) is 35.5 Å². The summed E-state index contributed by atoms with van der Waals surface area (Å²) in [6.07, 6.45) is 5.39. The molecular formula is C24H26O8. The van der Waals surface area contributed by atoms with Gasteiger partial charge in [0.15, 0.2) is 34.6 Å². The van der Waals surface area contributed by atoms with Crippen molar-refractivity contribution in [3.8, 4) is 34.5 Å². The number of carbonyl (C=O) groups excluding carboxylic acids is 2. The van der Waals surface area contributed by atoms with Gasteiger partial charge in [0.2, 0.25) is 11.5 Å². The molecule has 0 heterocycles. The van der Waals surface area contributed by atoms with Gasteiger partial charge < -0.3 is 28.8 Å². The molecule has 0 atom stereocenters. The second-order valence-electron chi connectivity index (χ2n) is 6.51. The summed E-state index contributed by atoms with van der Waals surface area (Å²) in [6, 6.07) is 6.48. The van der Waals surface area contributed by atoms with E-state index >= 15 is 0 Å². The molecule has 0 spiro atoms. The lowest BCUT2D eigenvalue weighted by atomic mass is 10.1. The van der Waals surface area contributed by atoms with Crippen LogP contribution in [0.25, 0.3) is 12.2 Å². The first-order valence-corrected chi connectivity index (χ1v) is 9.53. The smallest absolute Gasteiger partial charge is 0.203 e. The Kier molecular flexibility index (Phi) is 8.71. The summed E-state index contributed by atoms with van der Waals surface area (Å²) in [4.78, 5) is 24.4. The summed E-state index contributed by atoms with van der Waals surface area (Å²) < 4.78 is 26.0. The third-order valence-corrected chi connectivity index (χ3v) is 4.46. The van der Waals surface area contributed by atoms with Gasteiger partial charge in [-0.05, 0) is 47.5 Å². The van der Waals surface area contributed by atoms with E-state index in [2.05, 4.69) is 0 Å². The number of ether oxygens (including phenoxy) is 5. The van der Waals surface area contributed by atoms with Crippen molar-refractivity contribution in [2.24, 2.45) is 0 Å². The number of phenolic OH excluding ortho intramolecular Hbond substituents is 1. The molecule has 0 aliphatic heterocycles. The second-order valence-corrected chi connectivity index (χ2v) is 6.51. The molecule has 0 amide bonds. The molecule has 0 aliphatic rings. The normalized spacial score (nSPS) is 10.9. The van der Waals surface area contributed by atoms with E-state index in [0.29, 0.717) is 28.4 Å². The van der Waals surface area contributed by atoms with Gasteiger partial charge in [-0.25, -0.2) is 0 Å². The molecule has 2 aromatic carbocycles. The predicted octanol–water partition coefficient (Wildman–Crippen LogP) is 3.69. The zero-order valence-corrected chi connectivity index (χ0v) is 18.6. The summed E-state index contributed by atoms with van der Waals surface area (Å²) in [6.45, 7) is 0. The van der Waals surface area contributed by atoms with E-state index in [1.54, 1.807) is 30.3 Å². The Morgan fingerprint density at radius 2 is 1.06 bits per heavy atom. The van der Waals surface area contributed by atoms with Crippen molar-refractivity contribution in [1.82, 2.24) is 0 Å². The van der Waals surface area contributed by atoms with Gasteiger partial charge in [-0.15, -0.1) is 0 Å². The van der Waals surface area contributed by atoms with Crippen molar-refractivity contribution >= 4 is 23.7 Å². The van der Waals surface area contributed by atoms with Gasteiger partial charge in [-0.2, -0.15) is 0 Å². The molecule has 0 saturated carbocycles. The van der Waals surface area contributed by atoms with Crippen LogP contribution in [0, 0.1) is 0 Å². The average Bonchev–Trinajstić information content (AvgIpc) is 2.81. The molecule has 0 aromatic heterocycles. The minimum atomic E-state index is -0.379. The molecule has 0 bridgehead atoms. The van der Waals surface area contributed by atoms with Crippen LogP contribution in [0.3, 0.4) is 0 Å². The lowest BCUT2D eigenvalue weighted by Gasteiger charge is -2.12. The summed E-state index contributed by atoms with van der Waals surface area (Å²) in [5, 5.41) is 9.94. The van der Waals surface area contributed by atoms with Gasteiger partial charge in [0.05, 0.1) is 42.0 Å². The van der Waals surface area contributed by atoms with Gasteiger partial charge in [0, 0.05) is 0 Å². The van der Waals surface area contributed by atoms with Gasteiger partial charge in [-0.3, -0.25) is 9.59 Å². The van der Waals surface area contributed by atoms with Crippen LogP contribution in [0.5, 0.6) is 34.5 Å². The maximum absolute atomic E-state index is 12.2. The summed E-state index contributed by atoms with van der Waals surface area (Å²) in [7, 11) is 7.32. The summed E-state index contributed by atoms with van der Waals surface area (Å²) in [5.74, 6) is 0.897. The Morgan fingerprint density at radius 1 is 0.688 bits per heavy atom. The fourth-order valence-electron chi connectivity index (χ4n) is 2.88. The topological polar surface area (TPSA) is 101 Å². The van der Waals surface area contributed by atoms with E-state index in [1.807, 2.05) is 0 Å². The number of hydrogen-bond acceptors (Lipinski definition) is 8. The van der Waals surface area contributed by atoms with Crippen molar-refractivity contribution in [3.05, 3.63) is 47.5 Å². The molecule has 0 fully saturated rings. The quantitative estimate of drug-likeness (QED) is 0.415. The molecule has 8 heteroatoms. The van der Waals surface area contributed by atoms with Crippen molar-refractivity contribution < 1.29 is 38.4 Å². The zero-order valence-electron chi connectivity index (χ0n) is 18.6. The maximum Gasteiger partial charge on any atom is 0.203 e. The minimum Gasteiger partial charge on any atom is -0.502 e. The highest BCUT2D eigenvalue weighted by molar-refractivity contribution is 6.10. The van der Waals surface area contributed by atoms with Crippen LogP contribution in [0.2, 0.25) is 0 Å². The molecule has 2 aromatic rings. The van der Waals surface area contributed by atoms with E-state index in [0.717, 1.165) is 0 Å². The third-order valence-electron chi connectivity index (χ3n) is 4.46. The molecule has 0 radical (unpaired) electrons. The Morgan fingerprint density at radius 3 is 1.41 bits per heavy atom. The van der Waals surface area contributed by atoms with E-state index < -0.39 is 0 Å². The number of methoxy groups -OCH3 is 5. The van der Waals surface area contributed by atoms with Gasteiger partial charge in [-0.1, -0.05) is 12.2 Å². The lowest BCUT2D eigenvalue weighted by Crippen LogP contribution is -2.02. The van der Waals surface area contributed by atoms with Crippen molar-refractivity contribution in [2.45, 2.75) is 6.42 Å². The number of rotatable bonds is 11. The molecule has 0 unspecified atom stereocenters. The second kappa shape index (κ2) is 11.5. The number of carbonyl (C=O) groups is 2. The lowest BCUT2D eigenvalue weighted by molar-refractivity contribution is -0.121. The van der Waals surface area contributed by atoms with Crippen LogP contribution < -0.4 is 23.7 Å². The molecule has 0 aliphatic carbocycles. The average molecular weight is 442 g/mol. The first-order valence-electron chi connectivity index (χ1n) is 9.53. The van der Waals surface area contributed by atoms with Crippen LogP contribution >= 0.6 is 0 Å². The molecule has 32 heavy (non-hydrogen) atoms. The number of benzene rings is 2. The van der Waals surface area contributed by atoms with Gasteiger partial charge in [0.1, 0.15) is 0 Å². The fraction of sp³-hybridized carbons (Fsp3) is 0.250. The molecular weight excluding hydrogens is 416 g/mol. The Labute approximate surface area is 186 Å². The number of ketones is 2. The van der Waals surface area contributed by atoms with Crippen LogP contribution in [-0.4, -0.2) is 52.2 Å². The van der Waals surface area contributed by atoms with Crippen LogP contribution in [0.15, 0.2) is 36.4 Å². The van der Waals surface area contributed by atoms with Gasteiger partial charge in [0.25, 0.3) is 0 Å². The van der Waals surface area contributed by atoms with E-state index in [1.165, 1.54) is 53.8 Å². The predicted molar refractivity (Wildman–Crippen MR) is 120 cm³/mol. The first kappa shape index (κ1) is 24.3. The third kappa shape index (κ3) is 6.04. The Balaban J connectivity index is 2.09. The summed E-state index contributed by atoms with van der Waals surface area (Å²) in [5.41, 5.74) is 1.23. The van der Waals surface area contributed by atoms with E-state index in [4.69, 9.17) is 23.7 Å². The summed E-state index contributed by atoms with van der Waals surface area (Å²) >= 11 is 0. The zero-order chi connectivity index (χ0) is 23.7. The highest BCUT2D eigenvalue weighted by Gasteiger charge is 2.13. The Bertz CT molecular complexity index is 986. The molecule has 8 nitrogen and oxygen atoms in total.